The molecule has 18 rings (SSSR count). The zero-order valence-electron chi connectivity index (χ0n) is 44.4. The van der Waals surface area contributed by atoms with Gasteiger partial charge in [-0.3, -0.25) is 0 Å². The summed E-state index contributed by atoms with van der Waals surface area (Å²) in [6, 6.07) is 100. The standard InChI is InChI=1S/C76H48N6/c1-3-17-47(18-4-1)65-45-67(49-31-37-53(38-32-49)81-69-27-13-9-21-55(69)56-22-10-14-28-70(56)81)79-75(77-65)51-35-41-61-63(43-51)73-59-25-7-8-26-60(59)74(61)64-44-52(36-42-62(64)73)76-78-66(48-19-5-2-6-20-48)46-68(80-76)50-33-39-54(40-34-50)82-71-29-15-11-23-57(71)58-24-12-16-30-72(58)82/h1-46,73-74H. The highest BCUT2D eigenvalue weighted by Crippen LogP contribution is 2.57. The van der Waals surface area contributed by atoms with Gasteiger partial charge in [0.25, 0.3) is 0 Å². The van der Waals surface area contributed by atoms with E-state index in [1.165, 1.54) is 77.0 Å². The monoisotopic (exact) mass is 1040 g/mol. The molecule has 0 radical (unpaired) electrons. The van der Waals surface area contributed by atoms with Crippen LogP contribution in [0, 0.1) is 0 Å². The third-order valence-electron chi connectivity index (χ3n) is 17.1. The fourth-order valence-corrected chi connectivity index (χ4v) is 13.4. The third kappa shape index (κ3) is 7.28. The number of benzene rings is 11. The fraction of sp³-hybridized carbons (Fsp3) is 0.0263. The molecule has 4 heterocycles. The van der Waals surface area contributed by atoms with E-state index in [-0.39, 0.29) is 11.8 Å². The second-order valence-electron chi connectivity index (χ2n) is 21.7. The van der Waals surface area contributed by atoms with Gasteiger partial charge in [0.2, 0.25) is 0 Å². The first-order chi connectivity index (χ1) is 40.6. The zero-order chi connectivity index (χ0) is 53.8. The Morgan fingerprint density at radius 1 is 0.220 bits per heavy atom. The topological polar surface area (TPSA) is 61.4 Å². The first kappa shape index (κ1) is 46.1. The smallest absolute Gasteiger partial charge is 0.160 e. The molecule has 3 aliphatic carbocycles. The van der Waals surface area contributed by atoms with Crippen LogP contribution in [-0.4, -0.2) is 29.1 Å². The number of rotatable bonds is 8. The van der Waals surface area contributed by atoms with Gasteiger partial charge in [0.15, 0.2) is 11.6 Å². The molecule has 2 bridgehead atoms. The number of aromatic nitrogens is 6. The van der Waals surface area contributed by atoms with E-state index >= 15 is 0 Å². The highest BCUT2D eigenvalue weighted by molar-refractivity contribution is 6.10. The summed E-state index contributed by atoms with van der Waals surface area (Å²) < 4.78 is 4.71. The number of para-hydroxylation sites is 4. The highest BCUT2D eigenvalue weighted by atomic mass is 15.0. The van der Waals surface area contributed by atoms with E-state index in [2.05, 4.69) is 288 Å². The summed E-state index contributed by atoms with van der Waals surface area (Å²) in [5.74, 6) is 1.43. The molecule has 0 aliphatic heterocycles. The Morgan fingerprint density at radius 3 is 0.854 bits per heavy atom. The molecule has 0 N–H and O–H groups in total. The Bertz CT molecular complexity index is 4610. The van der Waals surface area contributed by atoms with Crippen LogP contribution in [0.5, 0.6) is 0 Å². The lowest BCUT2D eigenvalue weighted by molar-refractivity contribution is 0.754. The van der Waals surface area contributed by atoms with Crippen LogP contribution in [0.2, 0.25) is 0 Å². The van der Waals surface area contributed by atoms with E-state index in [0.29, 0.717) is 11.6 Å². The average molecular weight is 1050 g/mol. The molecule has 3 aliphatic rings. The fourth-order valence-electron chi connectivity index (χ4n) is 13.4. The average Bonchev–Trinajstić information content (AvgIpc) is 2.39. The number of nitrogens with zero attached hydrogens (tertiary/aromatic N) is 6. The van der Waals surface area contributed by atoms with Crippen LogP contribution in [0.25, 0.3) is 123 Å². The van der Waals surface area contributed by atoms with Crippen molar-refractivity contribution >= 4 is 43.6 Å². The van der Waals surface area contributed by atoms with Crippen molar-refractivity contribution in [3.05, 3.63) is 312 Å². The summed E-state index contributed by atoms with van der Waals surface area (Å²) in [5, 5.41) is 4.98. The van der Waals surface area contributed by atoms with Crippen LogP contribution >= 0.6 is 0 Å². The van der Waals surface area contributed by atoms with Crippen LogP contribution in [0.3, 0.4) is 0 Å². The van der Waals surface area contributed by atoms with Gasteiger partial charge in [-0.25, -0.2) is 19.9 Å². The predicted octanol–water partition coefficient (Wildman–Crippen LogP) is 18.4. The molecule has 0 saturated heterocycles. The second-order valence-corrected chi connectivity index (χ2v) is 21.7. The minimum atomic E-state index is 0.0190. The van der Waals surface area contributed by atoms with Crippen molar-refractivity contribution in [2.24, 2.45) is 0 Å². The van der Waals surface area contributed by atoms with Gasteiger partial charge in [-0.2, -0.15) is 0 Å². The number of fused-ring (bicyclic) bond motifs is 6. The first-order valence-electron chi connectivity index (χ1n) is 28.1. The van der Waals surface area contributed by atoms with Crippen molar-refractivity contribution < 1.29 is 0 Å². The molecular weight excluding hydrogens is 997 g/mol. The quantitative estimate of drug-likeness (QED) is 0.152. The Morgan fingerprint density at radius 2 is 0.500 bits per heavy atom. The summed E-state index contributed by atoms with van der Waals surface area (Å²) in [7, 11) is 0. The molecular formula is C76H48N6. The van der Waals surface area contributed by atoms with E-state index < -0.39 is 0 Å². The largest absolute Gasteiger partial charge is 0.309 e. The van der Waals surface area contributed by atoms with Gasteiger partial charge >= 0.3 is 0 Å². The lowest BCUT2D eigenvalue weighted by atomic mass is 9.61. The Hall–Kier alpha value is -10.8. The van der Waals surface area contributed by atoms with E-state index in [1.807, 2.05) is 0 Å². The summed E-state index contributed by atoms with van der Waals surface area (Å²) >= 11 is 0. The van der Waals surface area contributed by atoms with Crippen LogP contribution in [0.4, 0.5) is 0 Å². The Labute approximate surface area is 473 Å². The molecule has 0 amide bonds. The van der Waals surface area contributed by atoms with E-state index in [0.717, 1.165) is 67.5 Å². The summed E-state index contributed by atoms with van der Waals surface area (Å²) in [5.41, 5.74) is 24.5. The zero-order valence-corrected chi connectivity index (χ0v) is 44.4. The minimum absolute atomic E-state index is 0.0190. The van der Waals surface area contributed by atoms with Crippen molar-refractivity contribution in [1.29, 1.82) is 0 Å². The summed E-state index contributed by atoms with van der Waals surface area (Å²) in [4.78, 5) is 21.5. The highest BCUT2D eigenvalue weighted by Gasteiger charge is 2.41. The predicted molar refractivity (Wildman–Crippen MR) is 334 cm³/mol. The van der Waals surface area contributed by atoms with Gasteiger partial charge in [-0.05, 0) is 106 Å². The summed E-state index contributed by atoms with van der Waals surface area (Å²) in [6.07, 6.45) is 0. The molecule has 0 saturated carbocycles. The van der Waals surface area contributed by atoms with Gasteiger partial charge in [-0.1, -0.05) is 206 Å². The lowest BCUT2D eigenvalue weighted by Crippen LogP contribution is -2.27. The molecule has 0 fully saturated rings. The van der Waals surface area contributed by atoms with Gasteiger partial charge in [-0.15, -0.1) is 0 Å². The number of hydrogen-bond acceptors (Lipinski definition) is 4. The molecule has 4 aromatic heterocycles. The maximum atomic E-state index is 5.40. The van der Waals surface area contributed by atoms with Crippen LogP contribution < -0.4 is 0 Å². The molecule has 382 valence electrons. The molecule has 0 spiro atoms. The van der Waals surface area contributed by atoms with Gasteiger partial charge in [0.1, 0.15) is 0 Å². The SMILES string of the molecule is c1ccc(-c2cc(-c3ccc(-n4c5ccccc5c5ccccc54)cc3)nc(-c3ccc4c(c3)C3c5ccccc5C4c4cc(-c5nc(-c6ccccc6)cc(-c6ccc(-n7c8ccccc8c8ccccc87)cc6)n5)ccc43)n2)cc1. The second kappa shape index (κ2) is 18.4. The molecule has 6 nitrogen and oxygen atoms in total. The van der Waals surface area contributed by atoms with Gasteiger partial charge in [0.05, 0.1) is 44.8 Å². The number of hydrogen-bond donors (Lipinski definition) is 0. The normalized spacial score (nSPS) is 14.1. The first-order valence-corrected chi connectivity index (χ1v) is 28.1. The minimum Gasteiger partial charge on any atom is -0.309 e. The molecule has 82 heavy (non-hydrogen) atoms. The van der Waals surface area contributed by atoms with Crippen molar-refractivity contribution in [1.82, 2.24) is 29.1 Å². The van der Waals surface area contributed by atoms with Crippen LogP contribution in [0.15, 0.2) is 279 Å². The van der Waals surface area contributed by atoms with Crippen molar-refractivity contribution in [2.45, 2.75) is 11.8 Å². The molecule has 15 aromatic rings. The van der Waals surface area contributed by atoms with Crippen molar-refractivity contribution in [3.63, 3.8) is 0 Å². The van der Waals surface area contributed by atoms with Crippen LogP contribution in [0.1, 0.15) is 45.2 Å². The van der Waals surface area contributed by atoms with Crippen LogP contribution in [-0.2, 0) is 0 Å². The molecule has 11 aromatic carbocycles. The molecule has 2 unspecified atom stereocenters. The maximum Gasteiger partial charge on any atom is 0.160 e. The van der Waals surface area contributed by atoms with Crippen molar-refractivity contribution in [2.75, 3.05) is 0 Å². The lowest BCUT2D eigenvalue weighted by Gasteiger charge is -2.42. The van der Waals surface area contributed by atoms with Gasteiger partial charge < -0.3 is 9.13 Å². The maximum absolute atomic E-state index is 5.40. The third-order valence-corrected chi connectivity index (χ3v) is 17.1. The Balaban J connectivity index is 0.750. The Kier molecular flexibility index (Phi) is 10.3. The van der Waals surface area contributed by atoms with E-state index in [4.69, 9.17) is 19.9 Å². The van der Waals surface area contributed by atoms with E-state index in [1.54, 1.807) is 0 Å². The molecule has 6 heteroatoms. The van der Waals surface area contributed by atoms with Crippen molar-refractivity contribution in [3.8, 4) is 79.2 Å². The van der Waals surface area contributed by atoms with E-state index in [9.17, 15) is 0 Å². The summed E-state index contributed by atoms with van der Waals surface area (Å²) in [6.45, 7) is 0. The molecule has 2 atom stereocenters. The van der Waals surface area contributed by atoms with Gasteiger partial charge in [0, 0.05) is 78.1 Å².